The summed E-state index contributed by atoms with van der Waals surface area (Å²) in [6.45, 7) is 16.8. The Hall–Kier alpha value is -3.57. The van der Waals surface area contributed by atoms with Crippen molar-refractivity contribution in [2.75, 3.05) is 7.11 Å². The van der Waals surface area contributed by atoms with E-state index < -0.39 is 135 Å². The lowest BCUT2D eigenvalue weighted by Crippen LogP contribution is -2.99. The Morgan fingerprint density at radius 1 is 0.864 bits per heavy atom. The van der Waals surface area contributed by atoms with Crippen molar-refractivity contribution in [3.05, 3.63) is 24.2 Å². The van der Waals surface area contributed by atoms with Crippen LogP contribution < -0.4 is 0 Å². The summed E-state index contributed by atoms with van der Waals surface area (Å²) in [6.07, 6.45) is -4.00. The molecule has 3 aliphatic heterocycles. The van der Waals surface area contributed by atoms with Gasteiger partial charge in [0.15, 0.2) is 22.9 Å². The fraction of sp³-hybridized carbons (Fsp3) is 0.791. The molecule has 16 unspecified atom stereocenters. The predicted molar refractivity (Wildman–Crippen MR) is 199 cm³/mol. The third-order valence-electron chi connectivity index (χ3n) is 16.3. The summed E-state index contributed by atoms with van der Waals surface area (Å²) < 4.78 is 58.0. The lowest BCUT2D eigenvalue weighted by atomic mass is 9.31. The van der Waals surface area contributed by atoms with Crippen LogP contribution in [0.4, 0.5) is 0 Å². The molecule has 16 nitrogen and oxygen atoms in total. The zero-order valence-corrected chi connectivity index (χ0v) is 35.7. The molecule has 2 spiro atoms. The van der Waals surface area contributed by atoms with Gasteiger partial charge in [0.25, 0.3) is 5.97 Å². The van der Waals surface area contributed by atoms with Gasteiger partial charge >= 0.3 is 29.8 Å². The van der Waals surface area contributed by atoms with Crippen LogP contribution in [0.25, 0.3) is 0 Å². The van der Waals surface area contributed by atoms with E-state index in [1.807, 2.05) is 6.92 Å². The topological polar surface area (TPSA) is 213 Å². The molecule has 2 N–H and O–H groups in total. The minimum Gasteiger partial charge on any atom is -0.472 e. The fourth-order valence-electron chi connectivity index (χ4n) is 13.3. The Labute approximate surface area is 343 Å². The molecule has 0 radical (unpaired) electrons. The summed E-state index contributed by atoms with van der Waals surface area (Å²) in [5.41, 5.74) is -16.1. The second-order valence-electron chi connectivity index (χ2n) is 19.4. The predicted octanol–water partition coefficient (Wildman–Crippen LogP) is 4.21. The number of esters is 5. The first-order valence-corrected chi connectivity index (χ1v) is 20.9. The van der Waals surface area contributed by atoms with Crippen molar-refractivity contribution >= 4 is 29.8 Å². The monoisotopic (exact) mass is 830 g/mol. The molecule has 3 saturated heterocycles. The fourth-order valence-corrected chi connectivity index (χ4v) is 13.3. The molecule has 8 rings (SSSR count). The van der Waals surface area contributed by atoms with Crippen LogP contribution in [0.3, 0.4) is 0 Å². The number of carbonyl (C=O) groups is 5. The molecule has 4 bridgehead atoms. The van der Waals surface area contributed by atoms with E-state index in [1.165, 1.54) is 26.6 Å². The maximum Gasteiger partial charge on any atom is 0.309 e. The van der Waals surface area contributed by atoms with Crippen molar-refractivity contribution in [1.29, 1.82) is 0 Å². The van der Waals surface area contributed by atoms with Crippen LogP contribution in [0.5, 0.6) is 0 Å². The molecule has 4 heterocycles. The van der Waals surface area contributed by atoms with Gasteiger partial charge in [0.2, 0.25) is 0 Å². The zero-order chi connectivity index (χ0) is 43.3. The van der Waals surface area contributed by atoms with E-state index in [4.69, 9.17) is 42.3 Å². The molecule has 7 fully saturated rings. The molecule has 7 aliphatic rings. The van der Waals surface area contributed by atoms with Crippen molar-refractivity contribution < 1.29 is 76.5 Å². The van der Waals surface area contributed by atoms with Crippen molar-refractivity contribution in [2.24, 2.45) is 39.9 Å². The highest BCUT2D eigenvalue weighted by Crippen LogP contribution is 2.89. The van der Waals surface area contributed by atoms with Crippen LogP contribution in [-0.2, 0) is 61.9 Å². The smallest absolute Gasteiger partial charge is 0.309 e. The average molecular weight is 831 g/mol. The number of fused-ring (bicyclic) bond motifs is 2. The number of carbonyl (C=O) groups excluding carboxylic acids is 5. The van der Waals surface area contributed by atoms with E-state index in [1.54, 1.807) is 61.5 Å². The Morgan fingerprint density at radius 2 is 1.47 bits per heavy atom. The lowest BCUT2D eigenvalue weighted by molar-refractivity contribution is -0.479. The van der Waals surface area contributed by atoms with Gasteiger partial charge in [0.05, 0.1) is 43.8 Å². The van der Waals surface area contributed by atoms with E-state index in [0.29, 0.717) is 18.4 Å². The van der Waals surface area contributed by atoms with Crippen molar-refractivity contribution in [3.8, 4) is 0 Å². The molecule has 4 saturated carbocycles. The van der Waals surface area contributed by atoms with E-state index in [2.05, 4.69) is 0 Å². The molecule has 16 heteroatoms. The van der Waals surface area contributed by atoms with Gasteiger partial charge in [-0.25, -0.2) is 0 Å². The summed E-state index contributed by atoms with van der Waals surface area (Å²) in [7, 11) is 1.22. The first kappa shape index (κ1) is 42.1. The third kappa shape index (κ3) is 4.55. The van der Waals surface area contributed by atoms with Crippen LogP contribution in [0, 0.1) is 39.9 Å². The number of ether oxygens (including phenoxy) is 8. The van der Waals surface area contributed by atoms with Crippen LogP contribution in [0.2, 0.25) is 0 Å². The second-order valence-corrected chi connectivity index (χ2v) is 19.4. The van der Waals surface area contributed by atoms with Gasteiger partial charge in [-0.15, -0.1) is 0 Å². The number of hydrogen-bond acceptors (Lipinski definition) is 16. The summed E-state index contributed by atoms with van der Waals surface area (Å²) in [5, 5.41) is 28.0. The van der Waals surface area contributed by atoms with E-state index in [9.17, 15) is 34.2 Å². The van der Waals surface area contributed by atoms with Gasteiger partial charge in [-0.1, -0.05) is 62.3 Å². The van der Waals surface area contributed by atoms with Gasteiger partial charge in [0, 0.05) is 35.2 Å². The summed E-state index contributed by atoms with van der Waals surface area (Å²) in [4.78, 5) is 70.7. The maximum atomic E-state index is 14.3. The molecule has 16 atom stereocenters. The zero-order valence-electron chi connectivity index (χ0n) is 35.7. The molecule has 59 heavy (non-hydrogen) atoms. The number of hydrogen-bond donors (Lipinski definition) is 2. The molecule has 1 aromatic heterocycles. The molecule has 0 amide bonds. The van der Waals surface area contributed by atoms with Gasteiger partial charge in [-0.05, 0) is 37.7 Å². The van der Waals surface area contributed by atoms with Crippen molar-refractivity contribution in [1.82, 2.24) is 0 Å². The van der Waals surface area contributed by atoms with E-state index in [0.717, 1.165) is 0 Å². The second kappa shape index (κ2) is 12.7. The maximum absolute atomic E-state index is 14.3. The van der Waals surface area contributed by atoms with Crippen LogP contribution in [0.1, 0.15) is 119 Å². The first-order chi connectivity index (χ1) is 27.4. The Morgan fingerprint density at radius 3 is 2.05 bits per heavy atom. The molecular weight excluding hydrogens is 772 g/mol. The van der Waals surface area contributed by atoms with E-state index >= 15 is 0 Å². The number of rotatable bonds is 11. The van der Waals surface area contributed by atoms with Gasteiger partial charge < -0.3 is 52.5 Å². The average Bonchev–Trinajstić information content (AvgIpc) is 3.94. The molecule has 4 aliphatic carbocycles. The Kier molecular flexibility index (Phi) is 9.10. The highest BCUT2D eigenvalue weighted by molar-refractivity contribution is 5.78. The standard InChI is InChI=1S/C43H58O16/c1-12-22(5)31(47)53-26-17-36(8)29(24-14-15-52-19-24)54-28(45)18-40(36)43-34(55-30(46)21(3)4)41(50)33(56-32(48)23(6)13-2)35(7)20-39(41,49)37(9,25(35)16-27(44)51-11)42(26,43)58-38(10,57-40)59-43/h14-15,19,21-23,25-26,29,33-34,49-50H,12-13,16-18,20H2,1-11H3. The number of aliphatic hydroxyl groups is 2. The summed E-state index contributed by atoms with van der Waals surface area (Å²) in [5.74, 6) is -8.86. The number of furan rings is 1. The number of cyclic esters (lactones) is 1. The molecule has 326 valence electrons. The molecule has 0 aromatic carbocycles. The normalized spacial score (nSPS) is 48.1. The van der Waals surface area contributed by atoms with Crippen LogP contribution in [-0.4, -0.2) is 99.5 Å². The molecular formula is C43H58O16. The highest BCUT2D eigenvalue weighted by Gasteiger charge is 3.07. The SMILES string of the molecule is CCC(C)C(=O)OC1C2(C)CC3(O)C1(O)C(OC(=O)C(C)C)C14OC5(C)OC16CC(=O)OC(c1ccoc1)C6(C)CC(OC(=O)C(C)CC)C4(O5)C3(C)C2CC(=O)OC. The van der Waals surface area contributed by atoms with Crippen LogP contribution in [0.15, 0.2) is 23.0 Å². The van der Waals surface area contributed by atoms with Crippen molar-refractivity contribution in [3.63, 3.8) is 0 Å². The van der Waals surface area contributed by atoms with Gasteiger partial charge in [-0.3, -0.25) is 24.0 Å². The Balaban J connectivity index is 1.53. The van der Waals surface area contributed by atoms with Crippen LogP contribution >= 0.6 is 0 Å². The Bertz CT molecular complexity index is 1970. The highest BCUT2D eigenvalue weighted by atomic mass is 17.0. The third-order valence-corrected chi connectivity index (χ3v) is 16.3. The van der Waals surface area contributed by atoms with Gasteiger partial charge in [-0.2, -0.15) is 0 Å². The minimum absolute atomic E-state index is 0.136. The lowest BCUT2D eigenvalue weighted by Gasteiger charge is -2.79. The minimum atomic E-state index is -2.74. The quantitative estimate of drug-likeness (QED) is 0.236. The largest absolute Gasteiger partial charge is 0.472 e. The summed E-state index contributed by atoms with van der Waals surface area (Å²) >= 11 is 0. The number of methoxy groups -OCH3 is 1. The van der Waals surface area contributed by atoms with Crippen molar-refractivity contribution in [2.45, 2.75) is 166 Å². The molecule has 1 aromatic rings. The van der Waals surface area contributed by atoms with E-state index in [-0.39, 0.29) is 19.3 Å². The summed E-state index contributed by atoms with van der Waals surface area (Å²) in [6, 6.07) is 1.63. The van der Waals surface area contributed by atoms with Gasteiger partial charge in [0.1, 0.15) is 29.5 Å². The first-order valence-electron chi connectivity index (χ1n) is 20.9.